The van der Waals surface area contributed by atoms with Crippen molar-refractivity contribution in [1.82, 2.24) is 14.6 Å². The molecule has 310 valence electrons. The van der Waals surface area contributed by atoms with Crippen LogP contribution in [-0.2, 0) is 40.4 Å². The molecule has 7 rings (SSSR count). The fourth-order valence-corrected chi connectivity index (χ4v) is 10.1. The molecule has 1 spiro atoms. The zero-order valence-electron chi connectivity index (χ0n) is 32.6. The van der Waals surface area contributed by atoms with Gasteiger partial charge in [0.25, 0.3) is 0 Å². The fraction of sp³-hybridized carbons (Fsp3) is 0.634. The number of ether oxygens (including phenoxy) is 2. The molecule has 2 aliphatic carbocycles. The van der Waals surface area contributed by atoms with Gasteiger partial charge in [-0.1, -0.05) is 25.0 Å². The lowest BCUT2D eigenvalue weighted by Gasteiger charge is -2.36. The number of hydrogen-bond acceptors (Lipinski definition) is 9. The van der Waals surface area contributed by atoms with E-state index in [1.54, 1.807) is 19.9 Å². The number of carbonyl (C=O) groups excluding carboxylic acids is 4. The quantitative estimate of drug-likeness (QED) is 0.191. The van der Waals surface area contributed by atoms with Crippen molar-refractivity contribution in [3.63, 3.8) is 0 Å². The Morgan fingerprint density at radius 3 is 2.53 bits per heavy atom. The number of rotatable bonds is 6. The Hall–Kier alpha value is -4.08. The van der Waals surface area contributed by atoms with Gasteiger partial charge in [0.2, 0.25) is 27.4 Å². The van der Waals surface area contributed by atoms with Gasteiger partial charge in [-0.25, -0.2) is 17.8 Å². The molecule has 5 aliphatic rings. The number of alkyl halides is 3. The van der Waals surface area contributed by atoms with Crippen LogP contribution in [0.1, 0.15) is 109 Å². The first-order chi connectivity index (χ1) is 26.6. The molecule has 1 N–H and O–H groups in total. The Labute approximate surface area is 329 Å². The van der Waals surface area contributed by atoms with E-state index >= 15 is 0 Å². The summed E-state index contributed by atoms with van der Waals surface area (Å²) in [6.45, 7) is 4.65. The molecule has 1 saturated heterocycles. The lowest BCUT2D eigenvalue weighted by atomic mass is 9.85. The van der Waals surface area contributed by atoms with Crippen molar-refractivity contribution in [2.24, 2.45) is 17.3 Å². The van der Waals surface area contributed by atoms with E-state index in [9.17, 15) is 45.2 Å². The van der Waals surface area contributed by atoms with Crippen molar-refractivity contribution in [2.75, 3.05) is 6.54 Å². The van der Waals surface area contributed by atoms with Crippen LogP contribution < -0.4 is 9.46 Å². The van der Waals surface area contributed by atoms with Gasteiger partial charge >= 0.3 is 12.1 Å². The maximum absolute atomic E-state index is 14.7. The summed E-state index contributed by atoms with van der Waals surface area (Å²) in [6.07, 6.45) is 2.20. The number of carbonyl (C=O) groups is 4. The lowest BCUT2D eigenvalue weighted by molar-refractivity contribution is -0.257. The van der Waals surface area contributed by atoms with Gasteiger partial charge < -0.3 is 14.4 Å². The highest BCUT2D eigenvalue weighted by atomic mass is 32.2. The molecule has 1 aromatic heterocycles. The molecule has 2 amide bonds. The van der Waals surface area contributed by atoms with Crippen molar-refractivity contribution >= 4 is 44.5 Å². The number of esters is 1. The van der Waals surface area contributed by atoms with Crippen LogP contribution in [0.5, 0.6) is 5.75 Å². The Balaban J connectivity index is 1.23. The summed E-state index contributed by atoms with van der Waals surface area (Å²) in [5, 5.41) is 0.697. The van der Waals surface area contributed by atoms with E-state index in [1.807, 2.05) is 12.2 Å². The minimum absolute atomic E-state index is 0.00472. The molecular weight excluding hydrogens is 771 g/mol. The number of pyridine rings is 1. The average Bonchev–Trinajstić information content (AvgIpc) is 4.01. The monoisotopic (exact) mass is 819 g/mol. The Morgan fingerprint density at radius 2 is 1.82 bits per heavy atom. The molecule has 5 atom stereocenters. The summed E-state index contributed by atoms with van der Waals surface area (Å²) >= 11 is 0. The summed E-state index contributed by atoms with van der Waals surface area (Å²) in [5.41, 5.74) is -3.58. The maximum Gasteiger partial charge on any atom is 0.427 e. The number of aromatic nitrogens is 1. The van der Waals surface area contributed by atoms with Crippen LogP contribution in [0, 0.1) is 30.0 Å². The third kappa shape index (κ3) is 7.78. The van der Waals surface area contributed by atoms with E-state index in [1.165, 1.54) is 17.0 Å². The van der Waals surface area contributed by atoms with Crippen molar-refractivity contribution in [3.05, 3.63) is 47.4 Å². The van der Waals surface area contributed by atoms with Crippen LogP contribution in [-0.4, -0.2) is 76.6 Å². The third-order valence-corrected chi connectivity index (χ3v) is 15.1. The van der Waals surface area contributed by atoms with Crippen LogP contribution in [0.3, 0.4) is 0 Å². The third-order valence-electron chi connectivity index (χ3n) is 12.9. The number of amides is 2. The van der Waals surface area contributed by atoms with Crippen molar-refractivity contribution in [2.45, 2.75) is 139 Å². The zero-order chi connectivity index (χ0) is 41.3. The van der Waals surface area contributed by atoms with Crippen LogP contribution >= 0.6 is 0 Å². The second-order valence-electron chi connectivity index (χ2n) is 17.6. The van der Waals surface area contributed by atoms with E-state index in [4.69, 9.17) is 9.47 Å². The molecule has 0 radical (unpaired) electrons. The van der Waals surface area contributed by atoms with Crippen molar-refractivity contribution in [3.8, 4) is 5.75 Å². The molecule has 3 aliphatic heterocycles. The zero-order valence-corrected chi connectivity index (χ0v) is 33.4. The molecule has 3 fully saturated rings. The number of halogens is 4. The Morgan fingerprint density at radius 1 is 1.09 bits per heavy atom. The van der Waals surface area contributed by atoms with Gasteiger partial charge in [0, 0.05) is 35.8 Å². The fourth-order valence-electron chi connectivity index (χ4n) is 8.72. The minimum Gasteiger partial charge on any atom is -0.483 e. The summed E-state index contributed by atoms with van der Waals surface area (Å²) in [6, 6.07) is 3.13. The molecule has 1 aromatic carbocycles. The highest BCUT2D eigenvalue weighted by Crippen LogP contribution is 2.58. The van der Waals surface area contributed by atoms with Crippen LogP contribution in [0.4, 0.5) is 17.6 Å². The molecule has 2 aromatic rings. The first kappa shape index (κ1) is 41.1. The van der Waals surface area contributed by atoms with Crippen molar-refractivity contribution < 1.29 is 54.6 Å². The van der Waals surface area contributed by atoms with Crippen LogP contribution in [0.25, 0.3) is 10.9 Å². The van der Waals surface area contributed by atoms with E-state index in [-0.39, 0.29) is 32.2 Å². The Bertz CT molecular complexity index is 2150. The summed E-state index contributed by atoms with van der Waals surface area (Å²) in [4.78, 5) is 62.4. The van der Waals surface area contributed by atoms with Gasteiger partial charge in [-0.2, -0.15) is 13.2 Å². The number of aryl methyl sites for hydroxylation is 2. The van der Waals surface area contributed by atoms with Crippen LogP contribution in [0.15, 0.2) is 30.4 Å². The van der Waals surface area contributed by atoms with E-state index in [0.717, 1.165) is 19.4 Å². The standard InChI is InChI=1S/C41H49F4N3O8S/c1-24-34-29(28-13-12-27(42)19-30(28)46-24)14-15-39(56-34)21-31-32(49)22-40(36(52)47-57(53,54)38(4)16-17-38)20-26(40)11-9-7-5-6-8-10-25(35(51)48(31)23-39)18-33(50)55-37(2,3)41(43,44)45/h9,11-13,19,25-26,31H,5-8,10,14-18,20-23H2,1-4H3,(H,47,52)/b11-9-/t25-,26-,31+,39-,40-/m1/s1. The normalized spacial score (nSPS) is 29.6. The molecule has 0 bridgehead atoms. The molecule has 2 saturated carbocycles. The number of hydrogen-bond donors (Lipinski definition) is 1. The predicted octanol–water partition coefficient (Wildman–Crippen LogP) is 6.72. The molecule has 0 unspecified atom stereocenters. The number of benzene rings is 1. The predicted molar refractivity (Wildman–Crippen MR) is 200 cm³/mol. The first-order valence-electron chi connectivity index (χ1n) is 19.7. The first-order valence-corrected chi connectivity index (χ1v) is 21.2. The largest absolute Gasteiger partial charge is 0.483 e. The van der Waals surface area contributed by atoms with Gasteiger partial charge in [-0.3, -0.25) is 23.9 Å². The second-order valence-corrected chi connectivity index (χ2v) is 19.8. The Kier molecular flexibility index (Phi) is 10.3. The number of allylic oxidation sites excluding steroid dienone is 2. The second kappa shape index (κ2) is 14.3. The van der Waals surface area contributed by atoms with Gasteiger partial charge in [0.05, 0.1) is 40.4 Å². The van der Waals surface area contributed by atoms with Gasteiger partial charge in [0.1, 0.15) is 17.2 Å². The number of nitrogens with zero attached hydrogens (tertiary/aromatic N) is 2. The number of ketones is 1. The van der Waals surface area contributed by atoms with Gasteiger partial charge in [-0.05, 0) is 97.1 Å². The molecular formula is C41H49F4N3O8S. The highest BCUT2D eigenvalue weighted by molar-refractivity contribution is 7.91. The lowest BCUT2D eigenvalue weighted by Crippen LogP contribution is -2.48. The van der Waals surface area contributed by atoms with Gasteiger partial charge in [-0.15, -0.1) is 0 Å². The number of Topliss-reactive ketones (excluding diaryl/α,β-unsaturated/α-hetero) is 1. The average molecular weight is 820 g/mol. The number of fused-ring (bicyclic) bond motifs is 5. The highest BCUT2D eigenvalue weighted by Gasteiger charge is 2.63. The number of sulfonamides is 1. The van der Waals surface area contributed by atoms with E-state index in [0.29, 0.717) is 73.7 Å². The molecule has 4 heterocycles. The smallest absolute Gasteiger partial charge is 0.427 e. The summed E-state index contributed by atoms with van der Waals surface area (Å²) in [5.74, 6) is -4.63. The van der Waals surface area contributed by atoms with E-state index in [2.05, 4.69) is 9.71 Å². The minimum atomic E-state index is -4.86. The SMILES string of the molecule is Cc1nc2cc(F)ccc2c2c1O[C@]1(CC2)C[C@H]2C(=O)C[C@]3(C(=O)NS(=O)(=O)C4(C)CC4)C[C@H]3/C=C\CCCCC[C@H](CC(=O)OC(C)(C)C(F)(F)F)C(=O)N2C1. The molecule has 16 heteroatoms. The summed E-state index contributed by atoms with van der Waals surface area (Å²) in [7, 11) is -4.03. The van der Waals surface area contributed by atoms with Crippen LogP contribution in [0.2, 0.25) is 0 Å². The number of nitrogens with one attached hydrogen (secondary N) is 1. The van der Waals surface area contributed by atoms with Gasteiger partial charge in [0.15, 0.2) is 5.78 Å². The molecule has 57 heavy (non-hydrogen) atoms. The topological polar surface area (TPSA) is 149 Å². The van der Waals surface area contributed by atoms with Crippen molar-refractivity contribution in [1.29, 1.82) is 0 Å². The van der Waals surface area contributed by atoms with E-state index < -0.39 is 91.2 Å². The maximum atomic E-state index is 14.7. The summed E-state index contributed by atoms with van der Waals surface area (Å²) < 4.78 is 94.5. The molecule has 11 nitrogen and oxygen atoms in total.